The summed E-state index contributed by atoms with van der Waals surface area (Å²) in [5, 5.41) is 0. The van der Waals surface area contributed by atoms with Crippen LogP contribution < -0.4 is 5.50 Å². The number of fused-ring (bicyclic) bond motifs is 7. The zero-order chi connectivity index (χ0) is 23.2. The predicted octanol–water partition coefficient (Wildman–Crippen LogP) is 5.92. The van der Waals surface area contributed by atoms with Crippen molar-refractivity contribution in [3.8, 4) is 0 Å². The lowest BCUT2D eigenvalue weighted by molar-refractivity contribution is -0.272. The van der Waals surface area contributed by atoms with Crippen molar-refractivity contribution in [1.29, 1.82) is 0 Å². The first-order valence-electron chi connectivity index (χ1n) is 13.6. The molecule has 3 N–H and O–H groups in total. The van der Waals surface area contributed by atoms with Crippen molar-refractivity contribution in [3.63, 3.8) is 0 Å². The summed E-state index contributed by atoms with van der Waals surface area (Å²) in [6, 6.07) is 0. The monoisotopic (exact) mass is 477 g/mol. The second-order valence-corrected chi connectivity index (χ2v) is 13.9. The molecule has 5 nitrogen and oxygen atoms in total. The minimum absolute atomic E-state index is 0.0883. The molecule has 4 aliphatic carbocycles. The van der Waals surface area contributed by atoms with E-state index in [0.717, 1.165) is 50.0 Å². The second-order valence-electron chi connectivity index (χ2n) is 13.0. The van der Waals surface area contributed by atoms with E-state index in [1.54, 1.807) is 5.57 Å². The van der Waals surface area contributed by atoms with Crippen LogP contribution in [0.1, 0.15) is 85.5 Å². The van der Waals surface area contributed by atoms with Crippen LogP contribution in [0.25, 0.3) is 0 Å². The fraction of sp³-hybridized carbons (Fsp3) is 0.926. The Balaban J connectivity index is 1.23. The zero-order valence-corrected chi connectivity index (χ0v) is 21.9. The Morgan fingerprint density at radius 1 is 1.12 bits per heavy atom. The van der Waals surface area contributed by atoms with Gasteiger partial charge in [-0.25, -0.2) is 0 Å². The normalized spacial score (nSPS) is 56.5. The Labute approximate surface area is 201 Å². The zero-order valence-electron chi connectivity index (χ0n) is 21.0. The largest absolute Gasteiger partial charge is 0.349 e. The summed E-state index contributed by atoms with van der Waals surface area (Å²) < 4.78 is 19.0. The van der Waals surface area contributed by atoms with Gasteiger partial charge in [-0.05, 0) is 91.8 Å². The Kier molecular flexibility index (Phi) is 5.66. The highest BCUT2D eigenvalue weighted by molar-refractivity contribution is 7.43. The quantitative estimate of drug-likeness (QED) is 0.382. The van der Waals surface area contributed by atoms with Gasteiger partial charge in [0.15, 0.2) is 5.79 Å². The molecule has 0 bridgehead atoms. The minimum atomic E-state index is -1.77. The number of nitrogens with two attached hydrogens (primary N) is 1. The van der Waals surface area contributed by atoms with Gasteiger partial charge >= 0.3 is 0 Å². The molecule has 5 fully saturated rings. The van der Waals surface area contributed by atoms with E-state index in [9.17, 15) is 4.89 Å². The lowest BCUT2D eigenvalue weighted by Crippen LogP contribution is -2.52. The van der Waals surface area contributed by atoms with Crippen molar-refractivity contribution in [3.05, 3.63) is 11.6 Å². The first-order chi connectivity index (χ1) is 15.7. The molecule has 0 aromatic carbocycles. The summed E-state index contributed by atoms with van der Waals surface area (Å²) in [7, 11) is -1.77. The number of ether oxygens (including phenoxy) is 2. The number of hydrogen-bond acceptors (Lipinski definition) is 5. The van der Waals surface area contributed by atoms with Crippen molar-refractivity contribution >= 4 is 8.53 Å². The first kappa shape index (κ1) is 23.4. The first-order valence-corrected chi connectivity index (χ1v) is 14.9. The number of rotatable bonds is 2. The summed E-state index contributed by atoms with van der Waals surface area (Å²) in [4.78, 5) is 9.57. The molecule has 0 aromatic heterocycles. The summed E-state index contributed by atoms with van der Waals surface area (Å²) in [5.74, 6) is 3.75. The van der Waals surface area contributed by atoms with Gasteiger partial charge in [-0.15, -0.1) is 0 Å². The van der Waals surface area contributed by atoms with E-state index in [1.807, 2.05) is 0 Å². The second kappa shape index (κ2) is 7.98. The third-order valence-corrected chi connectivity index (χ3v) is 12.1. The van der Waals surface area contributed by atoms with E-state index in [4.69, 9.17) is 19.5 Å². The predicted molar refractivity (Wildman–Crippen MR) is 130 cm³/mol. The molecule has 2 aliphatic heterocycles. The van der Waals surface area contributed by atoms with Crippen LogP contribution in [-0.4, -0.2) is 29.5 Å². The van der Waals surface area contributed by atoms with E-state index in [0.29, 0.717) is 29.3 Å². The molecule has 3 saturated carbocycles. The lowest BCUT2D eigenvalue weighted by atomic mass is 9.47. The van der Waals surface area contributed by atoms with Crippen LogP contribution in [0.3, 0.4) is 0 Å². The Hall–Kier alpha value is -0.0300. The van der Waals surface area contributed by atoms with Crippen molar-refractivity contribution in [2.45, 2.75) is 103 Å². The SMILES string of the molecule is C[C@@H]1CC[C@@]2(OC1)O[C@H]1C[C@H]3[C@@H]4CC=C5C[C@@H](OP(N)O)CC[C@]5(C)[C@H]4CC[C@]3(C)[C@H]1[C@@H]2C. The topological polar surface area (TPSA) is 73.9 Å². The van der Waals surface area contributed by atoms with Gasteiger partial charge in [0.25, 0.3) is 0 Å². The molecule has 0 amide bonds. The molecular weight excluding hydrogens is 433 g/mol. The van der Waals surface area contributed by atoms with E-state index >= 15 is 0 Å². The molecule has 1 unspecified atom stereocenters. The minimum Gasteiger partial charge on any atom is -0.349 e. The van der Waals surface area contributed by atoms with Crippen LogP contribution in [0, 0.1) is 46.3 Å². The standard InChI is InChI=1S/C27H44NO4P/c1-16-7-12-27(30-15-16)17(2)24-23(31-27)14-22-20-6-5-18-13-19(32-33(28)29)8-10-25(18,3)21(20)9-11-26(22,24)4/h5,16-17,19-24,29H,6-15,28H2,1-4H3/t16-,17+,19+,20-,21+,22+,23+,24+,25+,26+,27-,33?/m1/s1. The maximum atomic E-state index is 9.57. The lowest BCUT2D eigenvalue weighted by Gasteiger charge is -2.58. The highest BCUT2D eigenvalue weighted by atomic mass is 31.2. The maximum Gasteiger partial charge on any atom is 0.250 e. The maximum absolute atomic E-state index is 9.57. The van der Waals surface area contributed by atoms with E-state index in [-0.39, 0.29) is 17.3 Å². The smallest absolute Gasteiger partial charge is 0.250 e. The molecule has 6 heteroatoms. The summed E-state index contributed by atoms with van der Waals surface area (Å²) in [5.41, 5.74) is 7.80. The van der Waals surface area contributed by atoms with Gasteiger partial charge in [-0.2, -0.15) is 0 Å². The fourth-order valence-corrected chi connectivity index (χ4v) is 10.4. The molecule has 2 heterocycles. The molecule has 33 heavy (non-hydrogen) atoms. The average molecular weight is 478 g/mol. The van der Waals surface area contributed by atoms with Gasteiger partial charge in [0, 0.05) is 12.3 Å². The Bertz CT molecular complexity index is 810. The van der Waals surface area contributed by atoms with E-state index in [1.165, 1.54) is 32.1 Å². The molecule has 0 aromatic rings. The third-order valence-electron chi connectivity index (χ3n) is 11.6. The van der Waals surface area contributed by atoms with Crippen LogP contribution in [-0.2, 0) is 14.0 Å². The highest BCUT2D eigenvalue weighted by Gasteiger charge is 2.68. The molecule has 186 valence electrons. The summed E-state index contributed by atoms with van der Waals surface area (Å²) in [6.45, 7) is 10.7. The molecule has 6 aliphatic rings. The van der Waals surface area contributed by atoms with Crippen molar-refractivity contribution in [1.82, 2.24) is 0 Å². The number of hydrogen-bond donors (Lipinski definition) is 2. The molecule has 1 spiro atoms. The summed E-state index contributed by atoms with van der Waals surface area (Å²) in [6.07, 6.45) is 13.5. The molecule has 2 saturated heterocycles. The Morgan fingerprint density at radius 2 is 1.94 bits per heavy atom. The van der Waals surface area contributed by atoms with Gasteiger partial charge in [-0.1, -0.05) is 39.3 Å². The molecular formula is C27H44NO4P. The van der Waals surface area contributed by atoms with Gasteiger partial charge in [-0.3, -0.25) is 5.50 Å². The summed E-state index contributed by atoms with van der Waals surface area (Å²) >= 11 is 0. The van der Waals surface area contributed by atoms with Gasteiger partial charge in [0.1, 0.15) is 0 Å². The van der Waals surface area contributed by atoms with Gasteiger partial charge in [0.2, 0.25) is 8.53 Å². The van der Waals surface area contributed by atoms with Crippen LogP contribution in [0.15, 0.2) is 11.6 Å². The molecule has 12 atom stereocenters. The van der Waals surface area contributed by atoms with Gasteiger partial charge < -0.3 is 18.9 Å². The van der Waals surface area contributed by atoms with Crippen molar-refractivity contribution in [2.24, 2.45) is 51.8 Å². The van der Waals surface area contributed by atoms with Crippen LogP contribution in [0.5, 0.6) is 0 Å². The van der Waals surface area contributed by atoms with Crippen molar-refractivity contribution in [2.75, 3.05) is 6.61 Å². The van der Waals surface area contributed by atoms with E-state index < -0.39 is 8.53 Å². The fourth-order valence-electron chi connectivity index (χ4n) is 9.89. The molecule has 6 rings (SSSR count). The van der Waals surface area contributed by atoms with E-state index in [2.05, 4.69) is 33.8 Å². The third kappa shape index (κ3) is 3.39. The van der Waals surface area contributed by atoms with Crippen LogP contribution >= 0.6 is 8.53 Å². The van der Waals surface area contributed by atoms with Gasteiger partial charge in [0.05, 0.1) is 18.8 Å². The van der Waals surface area contributed by atoms with Crippen LogP contribution in [0.4, 0.5) is 0 Å². The van der Waals surface area contributed by atoms with Crippen molar-refractivity contribution < 1.29 is 18.9 Å². The highest BCUT2D eigenvalue weighted by Crippen LogP contribution is 2.70. The molecule has 0 radical (unpaired) electrons. The number of allylic oxidation sites excluding steroid dienone is 1. The average Bonchev–Trinajstić information content (AvgIpc) is 3.21. The van der Waals surface area contributed by atoms with Crippen LogP contribution in [0.2, 0.25) is 0 Å². The Morgan fingerprint density at radius 3 is 2.67 bits per heavy atom.